The molecule has 0 aliphatic heterocycles. The van der Waals surface area contributed by atoms with Crippen molar-refractivity contribution in [2.75, 3.05) is 20.3 Å². The summed E-state index contributed by atoms with van der Waals surface area (Å²) in [6, 6.07) is 0. The molecule has 180 valence electrons. The van der Waals surface area contributed by atoms with Crippen LogP contribution in [0.5, 0.6) is 0 Å². The molecule has 0 saturated heterocycles. The number of ketones is 1. The lowest BCUT2D eigenvalue weighted by molar-refractivity contribution is -0.138. The summed E-state index contributed by atoms with van der Waals surface area (Å²) in [5.41, 5.74) is 1.51. The minimum atomic E-state index is -4.49. The van der Waals surface area contributed by atoms with Gasteiger partial charge in [0.2, 0.25) is 0 Å². The Morgan fingerprint density at radius 3 is 2.23 bits per heavy atom. The summed E-state index contributed by atoms with van der Waals surface area (Å²) in [5, 5.41) is 12.1. The maximum absolute atomic E-state index is 14.0. The van der Waals surface area contributed by atoms with Crippen LogP contribution in [0.15, 0.2) is 35.5 Å². The molecule has 0 radical (unpaired) electrons. The van der Waals surface area contributed by atoms with Gasteiger partial charge in [-0.3, -0.25) is 4.79 Å². The average molecular weight is 480 g/mol. The summed E-state index contributed by atoms with van der Waals surface area (Å²) in [7, 11) is -0.863. The van der Waals surface area contributed by atoms with Gasteiger partial charge in [0, 0.05) is 17.8 Å². The van der Waals surface area contributed by atoms with E-state index in [4.69, 9.17) is 5.50 Å². The normalized spacial score (nSPS) is 19.0. The minimum Gasteiger partial charge on any atom is -0.378 e. The Morgan fingerprint density at radius 1 is 1.23 bits per heavy atom. The highest BCUT2D eigenvalue weighted by atomic mass is 31.1. The van der Waals surface area contributed by atoms with Crippen molar-refractivity contribution in [2.24, 2.45) is 5.50 Å². The maximum atomic E-state index is 14.0. The Morgan fingerprint density at radius 2 is 1.81 bits per heavy atom. The molecule has 0 fully saturated rings. The van der Waals surface area contributed by atoms with Crippen molar-refractivity contribution in [2.45, 2.75) is 50.3 Å². The van der Waals surface area contributed by atoms with E-state index in [9.17, 15) is 40.6 Å². The quantitative estimate of drug-likeness (QED) is 0.172. The lowest BCUT2D eigenvalue weighted by atomic mass is 9.98. The predicted molar refractivity (Wildman–Crippen MR) is 110 cm³/mol. The van der Waals surface area contributed by atoms with Crippen LogP contribution in [0.3, 0.4) is 0 Å². The van der Waals surface area contributed by atoms with E-state index >= 15 is 0 Å². The molecule has 4 atom stereocenters. The first-order valence-electron chi connectivity index (χ1n) is 9.17. The number of hydrogen-bond acceptors (Lipinski definition) is 4. The second kappa shape index (κ2) is 13.2. The zero-order valence-electron chi connectivity index (χ0n) is 17.3. The largest absolute Gasteiger partial charge is 0.390 e. The van der Waals surface area contributed by atoms with Gasteiger partial charge in [-0.2, -0.15) is 13.2 Å². The SMILES string of the molecule is C/C=C\C(CC(F)(F)F)/[PH](N)=C/C(C(=O)/C=C\C(F)C(O)(CF)C(F)F)=C(\C)CNC. The van der Waals surface area contributed by atoms with Gasteiger partial charge < -0.3 is 15.9 Å². The number of carbonyl (C=O) groups excluding carboxylic acids is 1. The number of alkyl halides is 7. The fourth-order valence-electron chi connectivity index (χ4n) is 2.50. The smallest absolute Gasteiger partial charge is 0.378 e. The van der Waals surface area contributed by atoms with E-state index in [1.165, 1.54) is 31.8 Å². The number of aliphatic hydroxyl groups is 1. The van der Waals surface area contributed by atoms with Crippen molar-refractivity contribution in [3.8, 4) is 0 Å². The van der Waals surface area contributed by atoms with E-state index < -0.39 is 56.6 Å². The molecule has 0 aliphatic carbocycles. The lowest BCUT2D eigenvalue weighted by Crippen LogP contribution is -2.48. The molecule has 0 aliphatic rings. The first-order chi connectivity index (χ1) is 14.2. The van der Waals surface area contributed by atoms with E-state index in [0.29, 0.717) is 11.6 Å². The standard InChI is InChI=1S/C19H28F7N2O2P/c1-4-5-13(8-19(24,25)26)31(27)10-14(12(2)9-28-3)15(29)6-7-16(21)18(30,11-20)17(22)23/h4-7,10,13,16-17,28,30-31H,8-9,11,27H2,1-3H3/b5-4-,7-6-,14-12-. The van der Waals surface area contributed by atoms with Crippen molar-refractivity contribution in [1.82, 2.24) is 5.32 Å². The third-order valence-corrected chi connectivity index (χ3v) is 6.14. The molecule has 0 aromatic carbocycles. The van der Waals surface area contributed by atoms with Crippen LogP contribution in [0.1, 0.15) is 20.3 Å². The van der Waals surface area contributed by atoms with Crippen molar-refractivity contribution >= 4 is 19.3 Å². The maximum Gasteiger partial charge on any atom is 0.390 e. The summed E-state index contributed by atoms with van der Waals surface area (Å²) in [5.74, 6) is 0.257. The average Bonchev–Trinajstić information content (AvgIpc) is 2.67. The van der Waals surface area contributed by atoms with Crippen LogP contribution < -0.4 is 10.8 Å². The predicted octanol–water partition coefficient (Wildman–Crippen LogP) is 3.74. The molecule has 0 saturated carbocycles. The van der Waals surface area contributed by atoms with E-state index in [0.717, 1.165) is 0 Å². The summed E-state index contributed by atoms with van der Waals surface area (Å²) < 4.78 is 90.6. The van der Waals surface area contributed by atoms with Gasteiger partial charge in [-0.15, -0.1) is 0 Å². The first-order valence-corrected chi connectivity index (χ1v) is 10.9. The molecular weight excluding hydrogens is 452 g/mol. The van der Waals surface area contributed by atoms with Gasteiger partial charge in [0.1, 0.15) is 6.67 Å². The van der Waals surface area contributed by atoms with E-state index in [2.05, 4.69) is 5.32 Å². The van der Waals surface area contributed by atoms with Crippen molar-refractivity contribution in [3.63, 3.8) is 0 Å². The molecule has 0 aromatic heterocycles. The van der Waals surface area contributed by atoms with Gasteiger partial charge >= 0.3 is 6.18 Å². The Kier molecular flexibility index (Phi) is 12.6. The summed E-state index contributed by atoms with van der Waals surface area (Å²) >= 11 is 0. The Bertz CT molecular complexity index is 721. The fraction of sp³-hybridized carbons (Fsp3) is 0.579. The molecule has 0 amide bonds. The zero-order valence-corrected chi connectivity index (χ0v) is 18.3. The Labute approximate surface area is 177 Å². The number of rotatable bonds is 12. The number of halogens is 7. The molecule has 4 nitrogen and oxygen atoms in total. The summed E-state index contributed by atoms with van der Waals surface area (Å²) in [6.45, 7) is 1.06. The van der Waals surface area contributed by atoms with E-state index in [1.807, 2.05) is 0 Å². The number of nitrogens with one attached hydrogen (secondary N) is 1. The highest BCUT2D eigenvalue weighted by molar-refractivity contribution is 7.56. The highest BCUT2D eigenvalue weighted by Crippen LogP contribution is 2.34. The van der Waals surface area contributed by atoms with Crippen molar-refractivity contribution in [1.29, 1.82) is 0 Å². The fourth-order valence-corrected chi connectivity index (χ4v) is 4.32. The molecule has 31 heavy (non-hydrogen) atoms. The third-order valence-electron chi connectivity index (χ3n) is 4.27. The number of hydrogen-bond donors (Lipinski definition) is 3. The van der Waals surface area contributed by atoms with Gasteiger partial charge in [-0.05, 0) is 44.4 Å². The number of likely N-dealkylation sites (N-methyl/N-ethyl adjacent to an activating group) is 1. The van der Waals surface area contributed by atoms with Gasteiger partial charge in [0.15, 0.2) is 17.6 Å². The van der Waals surface area contributed by atoms with Gasteiger partial charge in [-0.25, -0.2) is 17.6 Å². The number of nitrogens with two attached hydrogens (primary N) is 1. The first kappa shape index (κ1) is 29.6. The molecule has 0 heterocycles. The van der Waals surface area contributed by atoms with Crippen LogP contribution in [0.25, 0.3) is 0 Å². The molecule has 0 aromatic rings. The number of allylic oxidation sites excluding steroid dienone is 4. The number of carbonyl (C=O) groups is 1. The zero-order chi connectivity index (χ0) is 24.4. The highest BCUT2D eigenvalue weighted by Gasteiger charge is 2.45. The summed E-state index contributed by atoms with van der Waals surface area (Å²) in [4.78, 5) is 12.5. The Hall–Kier alpha value is -1.42. The molecule has 0 bridgehead atoms. The van der Waals surface area contributed by atoms with Gasteiger partial charge in [-0.1, -0.05) is 19.8 Å². The van der Waals surface area contributed by atoms with Crippen molar-refractivity contribution < 1.29 is 40.6 Å². The molecule has 4 N–H and O–H groups in total. The van der Waals surface area contributed by atoms with Crippen LogP contribution in [0.2, 0.25) is 0 Å². The topological polar surface area (TPSA) is 75.4 Å². The lowest BCUT2D eigenvalue weighted by Gasteiger charge is -2.25. The van der Waals surface area contributed by atoms with Crippen LogP contribution >= 0.6 is 7.70 Å². The van der Waals surface area contributed by atoms with Crippen LogP contribution in [0.4, 0.5) is 30.7 Å². The van der Waals surface area contributed by atoms with Crippen LogP contribution in [0, 0.1) is 0 Å². The van der Waals surface area contributed by atoms with E-state index in [-0.39, 0.29) is 18.2 Å². The second-order valence-corrected chi connectivity index (χ2v) is 8.90. The molecule has 12 heteroatoms. The van der Waals surface area contributed by atoms with E-state index in [1.54, 1.807) is 7.05 Å². The van der Waals surface area contributed by atoms with Crippen LogP contribution in [-0.4, -0.2) is 67.0 Å². The monoisotopic (exact) mass is 480 g/mol. The van der Waals surface area contributed by atoms with Crippen molar-refractivity contribution in [3.05, 3.63) is 35.5 Å². The molecular formula is C19H28F7N2O2P. The Balaban J connectivity index is 6.04. The van der Waals surface area contributed by atoms with Gasteiger partial charge in [0.05, 0.1) is 6.42 Å². The van der Waals surface area contributed by atoms with Gasteiger partial charge in [0.25, 0.3) is 6.43 Å². The van der Waals surface area contributed by atoms with Crippen LogP contribution in [-0.2, 0) is 4.79 Å². The molecule has 4 unspecified atom stereocenters. The third kappa shape index (κ3) is 9.72. The summed E-state index contributed by atoms with van der Waals surface area (Å²) in [6.07, 6.45) is -8.83. The molecule has 0 spiro atoms. The second-order valence-electron chi connectivity index (χ2n) is 6.87. The minimum absolute atomic E-state index is 0.119. The molecule has 0 rings (SSSR count).